The number of hydrogen-bond acceptors (Lipinski definition) is 6. The second-order valence-electron chi connectivity index (χ2n) is 6.43. The van der Waals surface area contributed by atoms with Crippen LogP contribution < -0.4 is 14.4 Å². The molecule has 26 heavy (non-hydrogen) atoms. The first-order chi connectivity index (χ1) is 12.6. The molecule has 7 heteroatoms. The molecule has 0 aliphatic carbocycles. The van der Waals surface area contributed by atoms with Crippen molar-refractivity contribution in [2.75, 3.05) is 39.2 Å². The van der Waals surface area contributed by atoms with E-state index in [0.29, 0.717) is 19.0 Å². The number of likely N-dealkylation sites (tertiary alicyclic amines) is 1. The summed E-state index contributed by atoms with van der Waals surface area (Å²) in [6.07, 6.45) is 3.19. The second-order valence-corrected chi connectivity index (χ2v) is 6.43. The quantitative estimate of drug-likeness (QED) is 0.818. The van der Waals surface area contributed by atoms with Crippen LogP contribution in [0.15, 0.2) is 36.5 Å². The Morgan fingerprint density at radius 1 is 1.15 bits per heavy atom. The molecular formula is C19H24N4O3. The maximum absolute atomic E-state index is 12.7. The highest BCUT2D eigenvalue weighted by atomic mass is 16.5. The first kappa shape index (κ1) is 18.0. The number of piperidine rings is 1. The Balaban J connectivity index is 1.55. The standard InChI is InChI=1S/C19H24N4O3/c1-22(2)15-6-4-14(5-7-15)18(24)23-12-9-16(10-13-23)26-17-8-11-20-19(21-17)25-3/h4-8,11,16H,9-10,12-13H2,1-3H3. The van der Waals surface area contributed by atoms with Gasteiger partial charge in [-0.1, -0.05) is 0 Å². The minimum atomic E-state index is 0.0368. The fraction of sp³-hybridized carbons (Fsp3) is 0.421. The van der Waals surface area contributed by atoms with Crippen molar-refractivity contribution in [1.82, 2.24) is 14.9 Å². The lowest BCUT2D eigenvalue weighted by Gasteiger charge is -2.32. The maximum Gasteiger partial charge on any atom is 0.319 e. The third kappa shape index (κ3) is 4.22. The molecule has 1 amide bonds. The summed E-state index contributed by atoms with van der Waals surface area (Å²) in [5.41, 5.74) is 1.80. The molecule has 0 N–H and O–H groups in total. The highest BCUT2D eigenvalue weighted by Crippen LogP contribution is 2.20. The lowest BCUT2D eigenvalue weighted by molar-refractivity contribution is 0.0586. The number of anilines is 1. The lowest BCUT2D eigenvalue weighted by atomic mass is 10.1. The van der Waals surface area contributed by atoms with Crippen molar-refractivity contribution in [3.8, 4) is 11.9 Å². The molecule has 1 aromatic heterocycles. The van der Waals surface area contributed by atoms with Gasteiger partial charge in [-0.2, -0.15) is 4.98 Å². The molecular weight excluding hydrogens is 332 g/mol. The van der Waals surface area contributed by atoms with E-state index in [4.69, 9.17) is 9.47 Å². The monoisotopic (exact) mass is 356 g/mol. The Kier molecular flexibility index (Phi) is 5.55. The number of carbonyl (C=O) groups is 1. The SMILES string of the molecule is COc1nccc(OC2CCN(C(=O)c3ccc(N(C)C)cc3)CC2)n1. The van der Waals surface area contributed by atoms with Crippen LogP contribution in [0.1, 0.15) is 23.2 Å². The number of amides is 1. The van der Waals surface area contributed by atoms with Crippen LogP contribution in [0.4, 0.5) is 5.69 Å². The van der Waals surface area contributed by atoms with E-state index >= 15 is 0 Å². The Morgan fingerprint density at radius 2 is 1.85 bits per heavy atom. The van der Waals surface area contributed by atoms with Crippen molar-refractivity contribution in [2.45, 2.75) is 18.9 Å². The highest BCUT2D eigenvalue weighted by Gasteiger charge is 2.25. The number of rotatable bonds is 5. The lowest BCUT2D eigenvalue weighted by Crippen LogP contribution is -2.41. The van der Waals surface area contributed by atoms with Crippen LogP contribution in [0, 0.1) is 0 Å². The molecule has 0 saturated carbocycles. The van der Waals surface area contributed by atoms with Gasteiger partial charge in [0.2, 0.25) is 5.88 Å². The second kappa shape index (κ2) is 8.03. The largest absolute Gasteiger partial charge is 0.474 e. The fourth-order valence-electron chi connectivity index (χ4n) is 2.92. The molecule has 0 spiro atoms. The number of benzene rings is 1. The van der Waals surface area contributed by atoms with Gasteiger partial charge in [-0.15, -0.1) is 0 Å². The smallest absolute Gasteiger partial charge is 0.319 e. The van der Waals surface area contributed by atoms with Gasteiger partial charge in [-0.3, -0.25) is 4.79 Å². The highest BCUT2D eigenvalue weighted by molar-refractivity contribution is 5.94. The average molecular weight is 356 g/mol. The molecule has 138 valence electrons. The molecule has 1 aliphatic rings. The molecule has 0 atom stereocenters. The van der Waals surface area contributed by atoms with E-state index in [9.17, 15) is 4.79 Å². The van der Waals surface area contributed by atoms with Crippen molar-refractivity contribution in [1.29, 1.82) is 0 Å². The first-order valence-electron chi connectivity index (χ1n) is 8.67. The van der Waals surface area contributed by atoms with Crippen LogP contribution in [-0.2, 0) is 0 Å². The molecule has 1 aliphatic heterocycles. The van der Waals surface area contributed by atoms with Gasteiger partial charge in [-0.25, -0.2) is 4.98 Å². The van der Waals surface area contributed by atoms with E-state index < -0.39 is 0 Å². The molecule has 2 aromatic rings. The fourth-order valence-corrected chi connectivity index (χ4v) is 2.92. The predicted octanol–water partition coefficient (Wildman–Crippen LogP) is 2.23. The van der Waals surface area contributed by atoms with Gasteiger partial charge < -0.3 is 19.3 Å². The number of nitrogens with zero attached hydrogens (tertiary/aromatic N) is 4. The molecule has 2 heterocycles. The van der Waals surface area contributed by atoms with E-state index in [0.717, 1.165) is 24.1 Å². The number of aromatic nitrogens is 2. The van der Waals surface area contributed by atoms with E-state index in [-0.39, 0.29) is 18.0 Å². The Bertz CT molecular complexity index is 741. The summed E-state index contributed by atoms with van der Waals surface area (Å²) in [5, 5.41) is 0. The Morgan fingerprint density at radius 3 is 2.46 bits per heavy atom. The molecule has 0 bridgehead atoms. The zero-order chi connectivity index (χ0) is 18.5. The van der Waals surface area contributed by atoms with Crippen LogP contribution in [-0.4, -0.2) is 61.2 Å². The Hall–Kier alpha value is -2.83. The van der Waals surface area contributed by atoms with Crippen LogP contribution in [0.5, 0.6) is 11.9 Å². The topological polar surface area (TPSA) is 67.8 Å². The molecule has 7 nitrogen and oxygen atoms in total. The van der Waals surface area contributed by atoms with Crippen molar-refractivity contribution >= 4 is 11.6 Å². The summed E-state index contributed by atoms with van der Waals surface area (Å²) >= 11 is 0. The average Bonchev–Trinajstić information content (AvgIpc) is 2.68. The van der Waals surface area contributed by atoms with Crippen LogP contribution in [0.2, 0.25) is 0 Å². The van der Waals surface area contributed by atoms with Gasteiger partial charge in [0.15, 0.2) is 0 Å². The molecule has 3 rings (SSSR count). The van der Waals surface area contributed by atoms with E-state index in [1.54, 1.807) is 12.3 Å². The van der Waals surface area contributed by atoms with Gasteiger partial charge in [0.25, 0.3) is 5.91 Å². The molecule has 1 aromatic carbocycles. The van der Waals surface area contributed by atoms with Gasteiger partial charge in [0.1, 0.15) is 6.10 Å². The molecule has 1 fully saturated rings. The van der Waals surface area contributed by atoms with Gasteiger partial charge in [0.05, 0.1) is 7.11 Å². The van der Waals surface area contributed by atoms with E-state index in [1.807, 2.05) is 48.2 Å². The number of carbonyl (C=O) groups excluding carboxylic acids is 1. The van der Waals surface area contributed by atoms with Gasteiger partial charge in [0, 0.05) is 63.5 Å². The van der Waals surface area contributed by atoms with Crippen LogP contribution >= 0.6 is 0 Å². The molecule has 1 saturated heterocycles. The summed E-state index contributed by atoms with van der Waals surface area (Å²) in [7, 11) is 5.48. The summed E-state index contributed by atoms with van der Waals surface area (Å²) in [6.45, 7) is 1.34. The number of methoxy groups -OCH3 is 1. The van der Waals surface area contributed by atoms with Gasteiger partial charge >= 0.3 is 6.01 Å². The number of hydrogen-bond donors (Lipinski definition) is 0. The van der Waals surface area contributed by atoms with E-state index in [2.05, 4.69) is 9.97 Å². The summed E-state index contributed by atoms with van der Waals surface area (Å²) in [6, 6.07) is 9.70. The zero-order valence-corrected chi connectivity index (χ0v) is 15.4. The first-order valence-corrected chi connectivity index (χ1v) is 8.67. The molecule has 0 radical (unpaired) electrons. The molecule has 0 unspecified atom stereocenters. The summed E-state index contributed by atoms with van der Waals surface area (Å²) < 4.78 is 10.9. The Labute approximate surface area is 153 Å². The maximum atomic E-state index is 12.7. The minimum absolute atomic E-state index is 0.0368. The minimum Gasteiger partial charge on any atom is -0.474 e. The van der Waals surface area contributed by atoms with Crippen molar-refractivity contribution < 1.29 is 14.3 Å². The summed E-state index contributed by atoms with van der Waals surface area (Å²) in [4.78, 5) is 24.7. The van der Waals surface area contributed by atoms with Crippen molar-refractivity contribution in [2.24, 2.45) is 0 Å². The van der Waals surface area contributed by atoms with Gasteiger partial charge in [-0.05, 0) is 24.3 Å². The zero-order valence-electron chi connectivity index (χ0n) is 15.4. The normalized spacial score (nSPS) is 14.8. The van der Waals surface area contributed by atoms with Crippen LogP contribution in [0.3, 0.4) is 0 Å². The van der Waals surface area contributed by atoms with Crippen molar-refractivity contribution in [3.63, 3.8) is 0 Å². The van der Waals surface area contributed by atoms with E-state index in [1.165, 1.54) is 7.11 Å². The third-order valence-corrected chi connectivity index (χ3v) is 4.44. The third-order valence-electron chi connectivity index (χ3n) is 4.44. The predicted molar refractivity (Wildman–Crippen MR) is 98.9 cm³/mol. The van der Waals surface area contributed by atoms with Crippen molar-refractivity contribution in [3.05, 3.63) is 42.1 Å². The number of ether oxygens (including phenoxy) is 2. The van der Waals surface area contributed by atoms with Crippen LogP contribution in [0.25, 0.3) is 0 Å². The summed E-state index contributed by atoms with van der Waals surface area (Å²) in [5.74, 6) is 0.568.